The van der Waals surface area contributed by atoms with Crippen molar-refractivity contribution in [3.63, 3.8) is 0 Å². The van der Waals surface area contributed by atoms with Gasteiger partial charge in [0.05, 0.1) is 24.7 Å². The summed E-state index contributed by atoms with van der Waals surface area (Å²) in [7, 11) is 0. The number of ether oxygens (including phenoxy) is 2. The van der Waals surface area contributed by atoms with E-state index in [2.05, 4.69) is 11.8 Å². The summed E-state index contributed by atoms with van der Waals surface area (Å²) in [5.41, 5.74) is 0. The molecule has 0 aromatic carbocycles. The molecule has 0 bridgehead atoms. The summed E-state index contributed by atoms with van der Waals surface area (Å²) in [6.07, 6.45) is 5.05. The van der Waals surface area contributed by atoms with Crippen molar-refractivity contribution < 1.29 is 14.3 Å². The van der Waals surface area contributed by atoms with Crippen molar-refractivity contribution in [2.75, 3.05) is 26.2 Å². The van der Waals surface area contributed by atoms with E-state index in [1.807, 2.05) is 6.92 Å². The maximum atomic E-state index is 11.6. The molecule has 2 rings (SSSR count). The van der Waals surface area contributed by atoms with E-state index in [0.717, 1.165) is 32.5 Å². The smallest absolute Gasteiger partial charge is 0.309 e. The number of hydrogen-bond donors (Lipinski definition) is 0. The zero-order valence-corrected chi connectivity index (χ0v) is 11.6. The molecule has 4 nitrogen and oxygen atoms in total. The maximum Gasteiger partial charge on any atom is 0.309 e. The quantitative estimate of drug-likeness (QED) is 0.718. The van der Waals surface area contributed by atoms with E-state index in [1.165, 1.54) is 12.8 Å². The average Bonchev–Trinajstić information content (AvgIpc) is 2.76. The number of carbonyl (C=O) groups excluding carboxylic acids is 1. The zero-order chi connectivity index (χ0) is 13.0. The predicted octanol–water partition coefficient (Wildman–Crippen LogP) is 1.83. The summed E-state index contributed by atoms with van der Waals surface area (Å²) in [6, 6.07) is 0. The molecule has 0 aromatic heterocycles. The second-order valence-electron chi connectivity index (χ2n) is 5.47. The van der Waals surface area contributed by atoms with E-state index in [0.29, 0.717) is 18.8 Å². The van der Waals surface area contributed by atoms with Gasteiger partial charge in [0.2, 0.25) is 0 Å². The van der Waals surface area contributed by atoms with Crippen molar-refractivity contribution in [1.82, 2.24) is 4.90 Å². The largest absolute Gasteiger partial charge is 0.466 e. The van der Waals surface area contributed by atoms with Gasteiger partial charge in [-0.15, -0.1) is 0 Å². The average molecular weight is 255 g/mol. The first-order valence-corrected chi connectivity index (χ1v) is 7.23. The van der Waals surface area contributed by atoms with Crippen LogP contribution in [0.1, 0.15) is 39.5 Å². The summed E-state index contributed by atoms with van der Waals surface area (Å²) >= 11 is 0. The van der Waals surface area contributed by atoms with Crippen LogP contribution >= 0.6 is 0 Å². The molecule has 18 heavy (non-hydrogen) atoms. The summed E-state index contributed by atoms with van der Waals surface area (Å²) in [6.45, 7) is 7.53. The first-order valence-electron chi connectivity index (χ1n) is 7.23. The van der Waals surface area contributed by atoms with Gasteiger partial charge in [-0.1, -0.05) is 0 Å². The Morgan fingerprint density at radius 3 is 2.56 bits per heavy atom. The number of nitrogens with zero attached hydrogens (tertiary/aromatic N) is 1. The molecular formula is C14H25NO3. The van der Waals surface area contributed by atoms with Crippen LogP contribution in [0, 0.1) is 5.92 Å². The minimum atomic E-state index is -0.0112. The van der Waals surface area contributed by atoms with Gasteiger partial charge in [0.1, 0.15) is 0 Å². The predicted molar refractivity (Wildman–Crippen MR) is 69.4 cm³/mol. The van der Waals surface area contributed by atoms with Crippen LogP contribution in [0.2, 0.25) is 0 Å². The molecule has 2 aliphatic heterocycles. The molecule has 0 aromatic rings. The van der Waals surface area contributed by atoms with E-state index in [-0.39, 0.29) is 11.9 Å². The van der Waals surface area contributed by atoms with Crippen molar-refractivity contribution in [3.05, 3.63) is 0 Å². The third-order valence-electron chi connectivity index (χ3n) is 3.99. The van der Waals surface area contributed by atoms with Gasteiger partial charge in [-0.25, -0.2) is 0 Å². The topological polar surface area (TPSA) is 38.8 Å². The van der Waals surface area contributed by atoms with Gasteiger partial charge in [0, 0.05) is 6.54 Å². The lowest BCUT2D eigenvalue weighted by molar-refractivity contribution is -0.149. The molecule has 2 unspecified atom stereocenters. The number of rotatable bonds is 4. The number of hydrogen-bond acceptors (Lipinski definition) is 4. The van der Waals surface area contributed by atoms with Crippen LogP contribution in [0.3, 0.4) is 0 Å². The molecular weight excluding hydrogens is 230 g/mol. The van der Waals surface area contributed by atoms with Gasteiger partial charge in [0.15, 0.2) is 0 Å². The van der Waals surface area contributed by atoms with Crippen molar-refractivity contribution in [2.45, 2.75) is 51.7 Å². The number of piperidine rings is 1. The summed E-state index contributed by atoms with van der Waals surface area (Å²) in [5, 5.41) is 0. The number of likely N-dealkylation sites (tertiary alicyclic amines) is 1. The minimum absolute atomic E-state index is 0.0112. The molecule has 2 saturated heterocycles. The number of esters is 1. The van der Waals surface area contributed by atoms with Crippen molar-refractivity contribution in [3.8, 4) is 0 Å². The fourth-order valence-corrected chi connectivity index (χ4v) is 2.92. The highest BCUT2D eigenvalue weighted by Gasteiger charge is 2.29. The fourth-order valence-electron chi connectivity index (χ4n) is 2.92. The summed E-state index contributed by atoms with van der Waals surface area (Å²) in [4.78, 5) is 14.1. The highest BCUT2D eigenvalue weighted by molar-refractivity contribution is 5.72. The Morgan fingerprint density at radius 1 is 1.28 bits per heavy atom. The lowest BCUT2D eigenvalue weighted by atomic mass is 9.96. The second-order valence-corrected chi connectivity index (χ2v) is 5.47. The molecule has 2 atom stereocenters. The minimum Gasteiger partial charge on any atom is -0.466 e. The molecule has 2 heterocycles. The Morgan fingerprint density at radius 2 is 2.00 bits per heavy atom. The van der Waals surface area contributed by atoms with Crippen LogP contribution in [0.5, 0.6) is 0 Å². The Hall–Kier alpha value is -0.610. The number of carbonyl (C=O) groups is 1. The first kappa shape index (κ1) is 13.8. The zero-order valence-electron chi connectivity index (χ0n) is 11.6. The second kappa shape index (κ2) is 6.53. The van der Waals surface area contributed by atoms with Gasteiger partial charge in [0.25, 0.3) is 0 Å². The van der Waals surface area contributed by atoms with Gasteiger partial charge in [-0.2, -0.15) is 0 Å². The normalized spacial score (nSPS) is 30.6. The third-order valence-corrected chi connectivity index (χ3v) is 3.99. The molecule has 2 fully saturated rings. The van der Waals surface area contributed by atoms with Crippen LogP contribution in [0.15, 0.2) is 0 Å². The molecule has 2 aliphatic rings. The first-order chi connectivity index (χ1) is 8.69. The monoisotopic (exact) mass is 255 g/mol. The SMILES string of the molecule is CCOC(=O)C1CCN(CC2CCC(C)O2)CC1. The van der Waals surface area contributed by atoms with Crippen molar-refractivity contribution >= 4 is 5.97 Å². The Kier molecular flexibility index (Phi) is 5.01. The van der Waals surface area contributed by atoms with Gasteiger partial charge in [-0.05, 0) is 52.6 Å². The van der Waals surface area contributed by atoms with E-state index in [4.69, 9.17) is 9.47 Å². The Labute approximate surface area is 110 Å². The van der Waals surface area contributed by atoms with E-state index in [9.17, 15) is 4.79 Å². The van der Waals surface area contributed by atoms with Crippen LogP contribution in [0.25, 0.3) is 0 Å². The van der Waals surface area contributed by atoms with E-state index in [1.54, 1.807) is 0 Å². The summed E-state index contributed by atoms with van der Waals surface area (Å²) in [5.74, 6) is 0.104. The van der Waals surface area contributed by atoms with Crippen LogP contribution in [0.4, 0.5) is 0 Å². The molecule has 0 aliphatic carbocycles. The fraction of sp³-hybridized carbons (Fsp3) is 0.929. The van der Waals surface area contributed by atoms with E-state index < -0.39 is 0 Å². The van der Waals surface area contributed by atoms with Crippen LogP contribution in [-0.2, 0) is 14.3 Å². The maximum absolute atomic E-state index is 11.6. The van der Waals surface area contributed by atoms with E-state index >= 15 is 0 Å². The highest BCUT2D eigenvalue weighted by atomic mass is 16.5. The van der Waals surface area contributed by atoms with Crippen LogP contribution in [-0.4, -0.2) is 49.3 Å². The third kappa shape index (κ3) is 3.69. The van der Waals surface area contributed by atoms with Gasteiger partial charge < -0.3 is 14.4 Å². The molecule has 4 heteroatoms. The molecule has 0 amide bonds. The van der Waals surface area contributed by atoms with Gasteiger partial charge >= 0.3 is 5.97 Å². The summed E-state index contributed by atoms with van der Waals surface area (Å²) < 4.78 is 10.9. The standard InChI is InChI=1S/C14H25NO3/c1-3-17-14(16)12-6-8-15(9-7-12)10-13-5-4-11(2)18-13/h11-13H,3-10H2,1-2H3. The van der Waals surface area contributed by atoms with Crippen molar-refractivity contribution in [2.24, 2.45) is 5.92 Å². The Bertz CT molecular complexity index is 274. The van der Waals surface area contributed by atoms with Crippen LogP contribution < -0.4 is 0 Å². The molecule has 104 valence electrons. The van der Waals surface area contributed by atoms with Crippen molar-refractivity contribution in [1.29, 1.82) is 0 Å². The molecule has 0 radical (unpaired) electrons. The lowest BCUT2D eigenvalue weighted by Crippen LogP contribution is -2.40. The molecule has 0 saturated carbocycles. The highest BCUT2D eigenvalue weighted by Crippen LogP contribution is 2.23. The molecule has 0 N–H and O–H groups in total. The molecule has 0 spiro atoms. The van der Waals surface area contributed by atoms with Gasteiger partial charge in [-0.3, -0.25) is 4.79 Å². The lowest BCUT2D eigenvalue weighted by Gasteiger charge is -2.32. The Balaban J connectivity index is 1.68.